The van der Waals surface area contributed by atoms with Gasteiger partial charge in [0.05, 0.1) is 4.92 Å². The van der Waals surface area contributed by atoms with Crippen molar-refractivity contribution in [2.75, 3.05) is 39.8 Å². The molecular weight excluding hydrogens is 546 g/mol. The summed E-state index contributed by atoms with van der Waals surface area (Å²) in [7, 11) is 1.84. The second-order valence-electron chi connectivity index (χ2n) is 12.6. The minimum atomic E-state index is -0.671. The van der Waals surface area contributed by atoms with E-state index in [0.29, 0.717) is 18.4 Å². The van der Waals surface area contributed by atoms with Crippen LogP contribution in [0.1, 0.15) is 62.0 Å². The highest BCUT2D eigenvalue weighted by Gasteiger charge is 2.43. The number of piperidine rings is 1. The van der Waals surface area contributed by atoms with E-state index in [1.807, 2.05) is 13.1 Å². The van der Waals surface area contributed by atoms with Crippen LogP contribution < -0.4 is 5.32 Å². The molecule has 1 aliphatic carbocycles. The van der Waals surface area contributed by atoms with E-state index in [0.717, 1.165) is 76.8 Å². The Kier molecular flexibility index (Phi) is 10.3. The predicted molar refractivity (Wildman–Crippen MR) is 165 cm³/mol. The van der Waals surface area contributed by atoms with E-state index in [-0.39, 0.29) is 23.7 Å². The van der Waals surface area contributed by atoms with Gasteiger partial charge in [-0.2, -0.15) is 0 Å². The van der Waals surface area contributed by atoms with Crippen molar-refractivity contribution in [3.63, 3.8) is 0 Å². The summed E-state index contributed by atoms with van der Waals surface area (Å²) in [5.74, 6) is 0.221. The van der Waals surface area contributed by atoms with Crippen LogP contribution in [0.5, 0.6) is 0 Å². The highest BCUT2D eigenvalue weighted by Crippen LogP contribution is 2.38. The molecule has 2 aliphatic heterocycles. The number of nitrogens with one attached hydrogen (secondary N) is 1. The van der Waals surface area contributed by atoms with Crippen molar-refractivity contribution in [3.05, 3.63) is 75.8 Å². The van der Waals surface area contributed by atoms with E-state index in [4.69, 9.17) is 0 Å². The number of nitrogens with zero attached hydrogens (tertiary/aromatic N) is 4. The molecule has 3 aliphatic rings. The van der Waals surface area contributed by atoms with Gasteiger partial charge in [0, 0.05) is 70.4 Å². The largest absolute Gasteiger partial charge is 0.480 e. The Labute approximate surface area is 254 Å². The number of carbonyl (C=O) groups excluding carboxylic acids is 1. The first-order chi connectivity index (χ1) is 20.8. The average molecular weight is 592 g/mol. The predicted octanol–water partition coefficient (Wildman–Crippen LogP) is 4.95. The van der Waals surface area contributed by atoms with Gasteiger partial charge in [-0.15, -0.1) is 0 Å². The zero-order chi connectivity index (χ0) is 30.3. The van der Waals surface area contributed by atoms with Crippen molar-refractivity contribution < 1.29 is 19.6 Å². The van der Waals surface area contributed by atoms with Gasteiger partial charge in [0.1, 0.15) is 6.04 Å². The third kappa shape index (κ3) is 7.72. The molecule has 2 N–H and O–H groups in total. The Morgan fingerprint density at radius 1 is 1.00 bits per heavy atom. The number of non-ortho nitro benzene ring substituents is 1. The van der Waals surface area contributed by atoms with E-state index >= 15 is 0 Å². The lowest BCUT2D eigenvalue weighted by molar-refractivity contribution is -0.384. The van der Waals surface area contributed by atoms with Crippen LogP contribution in [0, 0.1) is 22.0 Å². The lowest BCUT2D eigenvalue weighted by atomic mass is 9.83. The van der Waals surface area contributed by atoms with Crippen LogP contribution in [0.25, 0.3) is 0 Å². The Morgan fingerprint density at radius 3 is 2.30 bits per heavy atom. The molecule has 0 radical (unpaired) electrons. The maximum Gasteiger partial charge on any atom is 0.321 e. The molecule has 43 heavy (non-hydrogen) atoms. The minimum Gasteiger partial charge on any atom is -0.480 e. The second kappa shape index (κ2) is 14.3. The van der Waals surface area contributed by atoms with E-state index in [9.17, 15) is 24.8 Å². The fourth-order valence-electron chi connectivity index (χ4n) is 7.53. The lowest BCUT2D eigenvalue weighted by Gasteiger charge is -2.38. The molecule has 232 valence electrons. The number of nitro benzene ring substituents is 1. The van der Waals surface area contributed by atoms with Gasteiger partial charge < -0.3 is 20.2 Å². The van der Waals surface area contributed by atoms with Crippen LogP contribution in [0.3, 0.4) is 0 Å². The van der Waals surface area contributed by atoms with Crippen LogP contribution in [0.4, 0.5) is 10.5 Å². The average Bonchev–Trinajstić information content (AvgIpc) is 3.43. The summed E-state index contributed by atoms with van der Waals surface area (Å²) < 4.78 is 0. The monoisotopic (exact) mass is 591 g/mol. The standard InChI is InChI=1S/C33H45N5O5/c1-35(33(41)34-20-24-12-14-29(15-13-24)38(42)43)28-16-18-36(19-17-28)21-27-22-37(23-30(27)25-8-4-2-5-9-25)31(32(39)40)26-10-6-3-7-11-26/h2,4-5,8-9,12-15,26-28,30-31H,3,6-7,10-11,16-23H2,1H3,(H,34,41)(H,39,40). The Hall–Kier alpha value is -3.50. The van der Waals surface area contributed by atoms with Crippen molar-refractivity contribution in [2.24, 2.45) is 11.8 Å². The van der Waals surface area contributed by atoms with Gasteiger partial charge in [0.2, 0.25) is 0 Å². The smallest absolute Gasteiger partial charge is 0.321 e. The summed E-state index contributed by atoms with van der Waals surface area (Å²) in [6.07, 6.45) is 7.26. The van der Waals surface area contributed by atoms with Crippen molar-refractivity contribution in [3.8, 4) is 0 Å². The number of aliphatic carboxylic acids is 1. The van der Waals surface area contributed by atoms with Gasteiger partial charge in [0.15, 0.2) is 0 Å². The molecule has 10 heteroatoms. The van der Waals surface area contributed by atoms with Crippen LogP contribution in [0.15, 0.2) is 54.6 Å². The van der Waals surface area contributed by atoms with Gasteiger partial charge in [0.25, 0.3) is 5.69 Å². The van der Waals surface area contributed by atoms with Crippen molar-refractivity contribution >= 4 is 17.7 Å². The summed E-state index contributed by atoms with van der Waals surface area (Å²) in [5, 5.41) is 24.1. The number of carboxylic acids is 1. The molecule has 0 aromatic heterocycles. The van der Waals surface area contributed by atoms with Gasteiger partial charge in [-0.25, -0.2) is 4.79 Å². The van der Waals surface area contributed by atoms with E-state index < -0.39 is 16.9 Å². The molecule has 2 amide bonds. The van der Waals surface area contributed by atoms with Crippen LogP contribution in [0.2, 0.25) is 0 Å². The fraction of sp³-hybridized carbons (Fsp3) is 0.576. The highest BCUT2D eigenvalue weighted by atomic mass is 16.6. The fourth-order valence-corrected chi connectivity index (χ4v) is 7.53. The number of amides is 2. The number of nitro groups is 1. The summed E-state index contributed by atoms with van der Waals surface area (Å²) in [4.78, 5) is 42.4. The van der Waals surface area contributed by atoms with Crippen molar-refractivity contribution in [1.29, 1.82) is 0 Å². The molecule has 3 fully saturated rings. The Balaban J connectivity index is 1.16. The number of carboxylic acid groups (broad SMARTS) is 1. The molecule has 3 unspecified atom stereocenters. The summed E-state index contributed by atoms with van der Waals surface area (Å²) in [6, 6.07) is 16.4. The normalized spacial score (nSPS) is 23.1. The summed E-state index contributed by atoms with van der Waals surface area (Å²) in [6.45, 7) is 4.63. The van der Waals surface area contributed by atoms with Crippen molar-refractivity contribution in [2.45, 2.75) is 69.5 Å². The molecule has 0 spiro atoms. The third-order valence-corrected chi connectivity index (χ3v) is 9.95. The molecule has 0 bridgehead atoms. The first kappa shape index (κ1) is 30.9. The van der Waals surface area contributed by atoms with Crippen molar-refractivity contribution in [1.82, 2.24) is 20.0 Å². The van der Waals surface area contributed by atoms with Crippen LogP contribution in [-0.4, -0.2) is 88.6 Å². The maximum atomic E-state index is 12.9. The van der Waals surface area contributed by atoms with Crippen LogP contribution in [-0.2, 0) is 11.3 Å². The lowest BCUT2D eigenvalue weighted by Crippen LogP contribution is -2.49. The first-order valence-electron chi connectivity index (χ1n) is 15.8. The highest BCUT2D eigenvalue weighted by molar-refractivity contribution is 5.74. The second-order valence-corrected chi connectivity index (χ2v) is 12.6. The molecule has 1 saturated carbocycles. The number of carbonyl (C=O) groups is 2. The molecule has 5 rings (SSSR count). The Bertz CT molecular complexity index is 1230. The topological polar surface area (TPSA) is 119 Å². The molecule has 3 atom stereocenters. The molecule has 2 aromatic carbocycles. The summed E-state index contributed by atoms with van der Waals surface area (Å²) in [5.41, 5.74) is 2.14. The third-order valence-electron chi connectivity index (χ3n) is 9.95. The van der Waals surface area contributed by atoms with Gasteiger partial charge in [-0.1, -0.05) is 61.7 Å². The van der Waals surface area contributed by atoms with E-state index in [2.05, 4.69) is 39.4 Å². The first-order valence-corrected chi connectivity index (χ1v) is 15.8. The number of hydrogen-bond acceptors (Lipinski definition) is 6. The summed E-state index contributed by atoms with van der Waals surface area (Å²) >= 11 is 0. The molecular formula is C33H45N5O5. The minimum absolute atomic E-state index is 0.0327. The quantitative estimate of drug-likeness (QED) is 0.296. The zero-order valence-electron chi connectivity index (χ0n) is 25.1. The molecule has 2 saturated heterocycles. The number of benzene rings is 2. The van der Waals surface area contributed by atoms with E-state index in [1.165, 1.54) is 24.1 Å². The molecule has 2 aromatic rings. The van der Waals surface area contributed by atoms with Crippen LogP contribution >= 0.6 is 0 Å². The SMILES string of the molecule is CN(C(=O)NCc1ccc([N+](=O)[O-])cc1)C1CCN(CC2CN(C(C(=O)O)C3CCCCC3)CC2c2ccccc2)CC1. The van der Waals surface area contributed by atoms with Gasteiger partial charge in [-0.05, 0) is 48.6 Å². The Morgan fingerprint density at radius 2 is 1.67 bits per heavy atom. The molecule has 10 nitrogen and oxygen atoms in total. The van der Waals surface area contributed by atoms with Gasteiger partial charge >= 0.3 is 12.0 Å². The number of hydrogen-bond donors (Lipinski definition) is 2. The maximum absolute atomic E-state index is 12.9. The number of urea groups is 1. The molecule has 2 heterocycles. The zero-order valence-corrected chi connectivity index (χ0v) is 25.1. The van der Waals surface area contributed by atoms with E-state index in [1.54, 1.807) is 17.0 Å². The number of likely N-dealkylation sites (tertiary alicyclic amines) is 2. The van der Waals surface area contributed by atoms with Gasteiger partial charge in [-0.3, -0.25) is 19.8 Å². The number of rotatable bonds is 10.